The van der Waals surface area contributed by atoms with Crippen molar-refractivity contribution < 1.29 is 14.5 Å². The van der Waals surface area contributed by atoms with Gasteiger partial charge in [-0.15, -0.1) is 0 Å². The number of benzene rings is 2. The van der Waals surface area contributed by atoms with Crippen molar-refractivity contribution in [3.63, 3.8) is 0 Å². The molecule has 0 radical (unpaired) electrons. The van der Waals surface area contributed by atoms with Gasteiger partial charge in [0.2, 0.25) is 0 Å². The van der Waals surface area contributed by atoms with Gasteiger partial charge in [0.05, 0.1) is 9.95 Å². The molecular formula is C17H12Cl2N4O4. The maximum atomic E-state index is 12.5. The summed E-state index contributed by atoms with van der Waals surface area (Å²) in [7, 11) is 0. The first kappa shape index (κ1) is 18.7. The number of nitrogens with one attached hydrogen (secondary N) is 1. The van der Waals surface area contributed by atoms with Gasteiger partial charge in [0.15, 0.2) is 6.73 Å². The number of nitro benzene ring substituents is 1. The Labute approximate surface area is 163 Å². The van der Waals surface area contributed by atoms with Gasteiger partial charge < -0.3 is 10.1 Å². The number of aromatic nitrogens is 2. The Morgan fingerprint density at radius 1 is 1.22 bits per heavy atom. The summed E-state index contributed by atoms with van der Waals surface area (Å²) in [5.41, 5.74) is -0.130. The molecule has 0 spiro atoms. The fourth-order valence-electron chi connectivity index (χ4n) is 2.27. The van der Waals surface area contributed by atoms with E-state index in [1.807, 2.05) is 0 Å². The zero-order valence-corrected chi connectivity index (χ0v) is 15.1. The molecule has 0 aliphatic rings. The van der Waals surface area contributed by atoms with Crippen LogP contribution < -0.4 is 10.1 Å². The van der Waals surface area contributed by atoms with Gasteiger partial charge in [-0.1, -0.05) is 35.3 Å². The van der Waals surface area contributed by atoms with E-state index in [2.05, 4.69) is 10.4 Å². The lowest BCUT2D eigenvalue weighted by Gasteiger charge is -2.11. The molecule has 2 aromatic carbocycles. The predicted octanol–water partition coefficient (Wildman–Crippen LogP) is 4.39. The maximum Gasteiger partial charge on any atom is 0.294 e. The summed E-state index contributed by atoms with van der Waals surface area (Å²) in [6.07, 6.45) is 1.42. The van der Waals surface area contributed by atoms with E-state index in [0.29, 0.717) is 10.8 Å². The van der Waals surface area contributed by atoms with Gasteiger partial charge in [-0.05, 0) is 30.3 Å². The largest absolute Gasteiger partial charge is 0.470 e. The number of hydrogen-bond donors (Lipinski definition) is 1. The lowest BCUT2D eigenvalue weighted by atomic mass is 10.2. The van der Waals surface area contributed by atoms with Crippen LogP contribution in [-0.4, -0.2) is 20.6 Å². The first-order chi connectivity index (χ1) is 13.0. The van der Waals surface area contributed by atoms with Gasteiger partial charge in [-0.25, -0.2) is 4.68 Å². The number of carbonyl (C=O) groups excluding carboxylic acids is 1. The Morgan fingerprint density at radius 2 is 2.00 bits per heavy atom. The predicted molar refractivity (Wildman–Crippen MR) is 100 cm³/mol. The Balaban J connectivity index is 1.77. The summed E-state index contributed by atoms with van der Waals surface area (Å²) >= 11 is 11.8. The third-order valence-electron chi connectivity index (χ3n) is 3.53. The minimum absolute atomic E-state index is 0.0224. The minimum Gasteiger partial charge on any atom is -0.470 e. The number of nitro groups is 1. The van der Waals surface area contributed by atoms with Crippen LogP contribution in [0.2, 0.25) is 10.0 Å². The normalized spacial score (nSPS) is 10.4. The minimum atomic E-state index is -0.626. The van der Waals surface area contributed by atoms with Crippen LogP contribution in [0.5, 0.6) is 5.75 Å². The van der Waals surface area contributed by atoms with Crippen LogP contribution in [0.3, 0.4) is 0 Å². The molecule has 10 heteroatoms. The van der Waals surface area contributed by atoms with Gasteiger partial charge in [0.1, 0.15) is 17.1 Å². The molecule has 1 amide bonds. The van der Waals surface area contributed by atoms with E-state index < -0.39 is 10.8 Å². The molecule has 1 N–H and O–H groups in total. The van der Waals surface area contributed by atoms with Crippen LogP contribution >= 0.6 is 23.2 Å². The molecule has 3 aromatic rings. The van der Waals surface area contributed by atoms with Crippen LogP contribution in [0, 0.1) is 10.1 Å². The van der Waals surface area contributed by atoms with E-state index in [1.165, 1.54) is 29.1 Å². The van der Waals surface area contributed by atoms with Crippen molar-refractivity contribution in [3.8, 4) is 5.75 Å². The van der Waals surface area contributed by atoms with Crippen molar-refractivity contribution in [2.45, 2.75) is 6.73 Å². The summed E-state index contributed by atoms with van der Waals surface area (Å²) in [6, 6.07) is 12.3. The number of rotatable bonds is 6. The summed E-state index contributed by atoms with van der Waals surface area (Å²) in [4.78, 5) is 23.0. The van der Waals surface area contributed by atoms with E-state index in [4.69, 9.17) is 27.9 Å². The molecule has 3 rings (SSSR count). The first-order valence-corrected chi connectivity index (χ1v) is 8.35. The average molecular weight is 407 g/mol. The third kappa shape index (κ3) is 4.36. The molecule has 0 atom stereocenters. The van der Waals surface area contributed by atoms with Gasteiger partial charge >= 0.3 is 0 Å². The fraction of sp³-hybridized carbons (Fsp3) is 0.0588. The molecule has 0 bridgehead atoms. The molecule has 138 valence electrons. The maximum absolute atomic E-state index is 12.5. The Morgan fingerprint density at radius 3 is 2.74 bits per heavy atom. The molecule has 0 aliphatic heterocycles. The summed E-state index contributed by atoms with van der Waals surface area (Å²) in [5, 5.41) is 18.3. The molecule has 0 unspecified atom stereocenters. The number of carbonyl (C=O) groups is 1. The van der Waals surface area contributed by atoms with Crippen molar-refractivity contribution in [2.24, 2.45) is 0 Å². The number of hydrogen-bond acceptors (Lipinski definition) is 5. The summed E-state index contributed by atoms with van der Waals surface area (Å²) in [6.45, 7) is -0.0673. The molecule has 0 saturated heterocycles. The molecule has 8 nitrogen and oxygen atoms in total. The lowest BCUT2D eigenvalue weighted by Crippen LogP contribution is -2.20. The van der Waals surface area contributed by atoms with Gasteiger partial charge in [-0.2, -0.15) is 5.10 Å². The highest BCUT2D eigenvalue weighted by Crippen LogP contribution is 2.28. The van der Waals surface area contributed by atoms with Gasteiger partial charge in [0, 0.05) is 17.3 Å². The SMILES string of the molecule is O=C(Nc1ccc(Cl)cc1[N+](=O)[O-])c1ccnn1COc1ccccc1Cl. The standard InChI is InChI=1S/C17H12Cl2N4O4/c18-11-5-6-13(15(9-11)23(25)26)21-17(24)14-7-8-20-22(14)10-27-16-4-2-1-3-12(16)19/h1-9H,10H2,(H,21,24). The number of anilines is 1. The lowest BCUT2D eigenvalue weighted by molar-refractivity contribution is -0.383. The Kier molecular flexibility index (Phi) is 5.58. The second-order valence-electron chi connectivity index (χ2n) is 5.29. The number of halogens is 2. The highest BCUT2D eigenvalue weighted by atomic mass is 35.5. The Hall–Kier alpha value is -3.10. The third-order valence-corrected chi connectivity index (χ3v) is 4.08. The van der Waals surface area contributed by atoms with E-state index in [9.17, 15) is 14.9 Å². The van der Waals surface area contributed by atoms with Crippen molar-refractivity contribution >= 4 is 40.5 Å². The fourth-order valence-corrected chi connectivity index (χ4v) is 2.63. The zero-order chi connectivity index (χ0) is 19.4. The smallest absolute Gasteiger partial charge is 0.294 e. The highest BCUT2D eigenvalue weighted by molar-refractivity contribution is 6.32. The van der Waals surface area contributed by atoms with Crippen molar-refractivity contribution in [1.82, 2.24) is 9.78 Å². The number of ether oxygens (including phenoxy) is 1. The zero-order valence-electron chi connectivity index (χ0n) is 13.6. The van der Waals surface area contributed by atoms with Crippen LogP contribution in [0.25, 0.3) is 0 Å². The topological polar surface area (TPSA) is 99.3 Å². The average Bonchev–Trinajstić information content (AvgIpc) is 3.11. The monoisotopic (exact) mass is 406 g/mol. The molecule has 0 aliphatic carbocycles. The highest BCUT2D eigenvalue weighted by Gasteiger charge is 2.19. The number of amides is 1. The van der Waals surface area contributed by atoms with Gasteiger partial charge in [0.25, 0.3) is 11.6 Å². The van der Waals surface area contributed by atoms with Crippen molar-refractivity contribution in [1.29, 1.82) is 0 Å². The molecule has 1 aromatic heterocycles. The molecule has 0 saturated carbocycles. The molecule has 27 heavy (non-hydrogen) atoms. The van der Waals surface area contributed by atoms with Crippen LogP contribution in [0.1, 0.15) is 10.5 Å². The number of nitrogens with zero attached hydrogens (tertiary/aromatic N) is 3. The second-order valence-corrected chi connectivity index (χ2v) is 6.14. The van der Waals surface area contributed by atoms with Crippen molar-refractivity contribution in [3.05, 3.63) is 80.6 Å². The Bertz CT molecular complexity index is 1010. The van der Waals surface area contributed by atoms with E-state index >= 15 is 0 Å². The molecule has 1 heterocycles. The van der Waals surface area contributed by atoms with E-state index in [1.54, 1.807) is 24.3 Å². The summed E-state index contributed by atoms with van der Waals surface area (Å²) < 4.78 is 6.87. The van der Waals surface area contributed by atoms with Crippen molar-refractivity contribution in [2.75, 3.05) is 5.32 Å². The van der Waals surface area contributed by atoms with Crippen LogP contribution in [0.15, 0.2) is 54.7 Å². The van der Waals surface area contributed by atoms with E-state index in [0.717, 1.165) is 6.07 Å². The second kappa shape index (κ2) is 8.07. The van der Waals surface area contributed by atoms with Gasteiger partial charge in [-0.3, -0.25) is 14.9 Å². The first-order valence-electron chi connectivity index (χ1n) is 7.60. The van der Waals surface area contributed by atoms with Crippen LogP contribution in [-0.2, 0) is 6.73 Å². The quantitative estimate of drug-likeness (QED) is 0.483. The number of para-hydroxylation sites is 1. The van der Waals surface area contributed by atoms with Crippen LogP contribution in [0.4, 0.5) is 11.4 Å². The van der Waals surface area contributed by atoms with E-state index in [-0.39, 0.29) is 28.8 Å². The molecular weight excluding hydrogens is 395 g/mol. The summed E-state index contributed by atoms with van der Waals surface area (Å²) in [5.74, 6) is -0.143. The molecule has 0 fully saturated rings.